The number of pyridine rings is 2. The zero-order valence-electron chi connectivity index (χ0n) is 14.0. The van der Waals surface area contributed by atoms with Crippen LogP contribution in [0.3, 0.4) is 0 Å². The Kier molecular flexibility index (Phi) is 4.33. The van der Waals surface area contributed by atoms with Gasteiger partial charge in [-0.05, 0) is 31.7 Å². The van der Waals surface area contributed by atoms with Crippen molar-refractivity contribution in [2.24, 2.45) is 5.92 Å². The van der Waals surface area contributed by atoms with Gasteiger partial charge in [0.15, 0.2) is 0 Å². The van der Waals surface area contributed by atoms with Crippen molar-refractivity contribution in [3.8, 4) is 0 Å². The molecule has 6 heteroatoms. The second-order valence-corrected chi connectivity index (χ2v) is 7.19. The van der Waals surface area contributed by atoms with Gasteiger partial charge >= 0.3 is 0 Å². The summed E-state index contributed by atoms with van der Waals surface area (Å²) in [6, 6.07) is 2.45. The lowest BCUT2D eigenvalue weighted by Crippen LogP contribution is -2.46. The summed E-state index contributed by atoms with van der Waals surface area (Å²) in [4.78, 5) is 11.3. The first-order chi connectivity index (χ1) is 11.6. The molecule has 0 bridgehead atoms. The number of ether oxygens (including phenoxy) is 2. The Labute approximate surface area is 146 Å². The number of hydrogen-bond donors (Lipinski definition) is 0. The maximum absolute atomic E-state index is 6.16. The summed E-state index contributed by atoms with van der Waals surface area (Å²) in [6.07, 6.45) is 4.93. The molecule has 0 aliphatic carbocycles. The minimum Gasteiger partial charge on any atom is -0.381 e. The first-order valence-electron chi connectivity index (χ1n) is 8.53. The van der Waals surface area contributed by atoms with Gasteiger partial charge in [-0.3, -0.25) is 0 Å². The molecule has 2 aliphatic rings. The molecule has 1 unspecified atom stereocenters. The fourth-order valence-corrected chi connectivity index (χ4v) is 3.41. The summed E-state index contributed by atoms with van der Waals surface area (Å²) in [5.74, 6) is 1.51. The van der Waals surface area contributed by atoms with E-state index >= 15 is 0 Å². The molecule has 0 spiro atoms. The molecule has 2 aliphatic heterocycles. The summed E-state index contributed by atoms with van der Waals surface area (Å²) in [5.41, 5.74) is 1.06. The van der Waals surface area contributed by atoms with Crippen LogP contribution in [0, 0.1) is 5.92 Å². The molecular weight excluding hydrogens is 326 g/mol. The van der Waals surface area contributed by atoms with Crippen LogP contribution in [0.2, 0.25) is 5.15 Å². The number of fused-ring (bicyclic) bond motifs is 1. The first-order valence-corrected chi connectivity index (χ1v) is 8.91. The minimum absolute atomic E-state index is 0.0399. The maximum Gasteiger partial charge on any atom is 0.138 e. The summed E-state index contributed by atoms with van der Waals surface area (Å²) in [5, 5.41) is 2.62. The quantitative estimate of drug-likeness (QED) is 0.773. The van der Waals surface area contributed by atoms with Crippen LogP contribution in [0.15, 0.2) is 18.5 Å². The van der Waals surface area contributed by atoms with E-state index in [1.165, 1.54) is 6.42 Å². The van der Waals surface area contributed by atoms with E-state index in [1.807, 2.05) is 18.5 Å². The van der Waals surface area contributed by atoms with E-state index in [-0.39, 0.29) is 6.10 Å². The standard InChI is InChI=1S/C18H22ClN3O2/c1-11-3-4-22(11)18-16-7-20-17(19)5-14(16)15(6-21-18)12(2)24-10-13-8-23-9-13/h5-7,11-13H,3-4,8-10H2,1-2H3/t11-,12?/m1/s1. The lowest BCUT2D eigenvalue weighted by atomic mass is 10.0. The van der Waals surface area contributed by atoms with E-state index in [4.69, 9.17) is 26.1 Å². The predicted molar refractivity (Wildman–Crippen MR) is 94.6 cm³/mol. The Hall–Kier alpha value is -1.43. The molecule has 2 atom stereocenters. The van der Waals surface area contributed by atoms with Gasteiger partial charge in [-0.15, -0.1) is 0 Å². The Bertz CT molecular complexity index is 750. The molecule has 2 saturated heterocycles. The summed E-state index contributed by atoms with van der Waals surface area (Å²) < 4.78 is 11.3. The van der Waals surface area contributed by atoms with Crippen molar-refractivity contribution in [1.29, 1.82) is 0 Å². The van der Waals surface area contributed by atoms with E-state index in [2.05, 4.69) is 23.7 Å². The van der Waals surface area contributed by atoms with Gasteiger partial charge in [0.25, 0.3) is 0 Å². The van der Waals surface area contributed by atoms with Crippen molar-refractivity contribution >= 4 is 28.2 Å². The van der Waals surface area contributed by atoms with Crippen LogP contribution >= 0.6 is 11.6 Å². The van der Waals surface area contributed by atoms with Crippen molar-refractivity contribution in [1.82, 2.24) is 9.97 Å². The average molecular weight is 348 g/mol. The van der Waals surface area contributed by atoms with Gasteiger partial charge in [-0.25, -0.2) is 9.97 Å². The largest absolute Gasteiger partial charge is 0.381 e. The van der Waals surface area contributed by atoms with Gasteiger partial charge in [-0.2, -0.15) is 0 Å². The van der Waals surface area contributed by atoms with E-state index in [0.717, 1.165) is 41.9 Å². The molecule has 0 saturated carbocycles. The van der Waals surface area contributed by atoms with Gasteiger partial charge in [0.05, 0.1) is 25.9 Å². The van der Waals surface area contributed by atoms with E-state index in [1.54, 1.807) is 0 Å². The normalized spacial score (nSPS) is 22.3. The third-order valence-electron chi connectivity index (χ3n) is 5.07. The van der Waals surface area contributed by atoms with E-state index in [0.29, 0.717) is 23.7 Å². The van der Waals surface area contributed by atoms with Gasteiger partial charge in [0.1, 0.15) is 11.0 Å². The molecule has 4 rings (SSSR count). The van der Waals surface area contributed by atoms with E-state index in [9.17, 15) is 0 Å². The van der Waals surface area contributed by atoms with Gasteiger partial charge in [-0.1, -0.05) is 11.6 Å². The Morgan fingerprint density at radius 1 is 1.33 bits per heavy atom. The molecule has 2 fully saturated rings. The molecule has 0 amide bonds. The highest BCUT2D eigenvalue weighted by Gasteiger charge is 2.28. The predicted octanol–water partition coefficient (Wildman–Crippen LogP) is 3.61. The van der Waals surface area contributed by atoms with Crippen LogP contribution in [-0.2, 0) is 9.47 Å². The second kappa shape index (κ2) is 6.47. The molecule has 128 valence electrons. The zero-order valence-corrected chi connectivity index (χ0v) is 14.8. The summed E-state index contributed by atoms with van der Waals surface area (Å²) >= 11 is 6.16. The Balaban J connectivity index is 1.67. The third kappa shape index (κ3) is 2.85. The first kappa shape index (κ1) is 16.1. The number of rotatable bonds is 5. The SMILES string of the molecule is CC(OCC1COC1)c1cnc(N2CC[C@H]2C)c2cnc(Cl)cc12. The zero-order chi connectivity index (χ0) is 16.7. The van der Waals surface area contributed by atoms with E-state index < -0.39 is 0 Å². The van der Waals surface area contributed by atoms with Crippen molar-refractivity contribution in [3.05, 3.63) is 29.2 Å². The van der Waals surface area contributed by atoms with Crippen molar-refractivity contribution in [2.45, 2.75) is 32.4 Å². The van der Waals surface area contributed by atoms with Crippen molar-refractivity contribution in [3.63, 3.8) is 0 Å². The van der Waals surface area contributed by atoms with Crippen LogP contribution < -0.4 is 4.90 Å². The number of aromatic nitrogens is 2. The summed E-state index contributed by atoms with van der Waals surface area (Å²) in [7, 11) is 0. The number of halogens is 1. The molecule has 24 heavy (non-hydrogen) atoms. The highest BCUT2D eigenvalue weighted by molar-refractivity contribution is 6.30. The number of nitrogens with zero attached hydrogens (tertiary/aromatic N) is 3. The van der Waals surface area contributed by atoms with Crippen LogP contribution in [0.5, 0.6) is 0 Å². The lowest BCUT2D eigenvalue weighted by molar-refractivity contribution is -0.0849. The molecule has 0 N–H and O–H groups in total. The number of hydrogen-bond acceptors (Lipinski definition) is 5. The van der Waals surface area contributed by atoms with Gasteiger partial charge < -0.3 is 14.4 Å². The molecule has 5 nitrogen and oxygen atoms in total. The highest BCUT2D eigenvalue weighted by Crippen LogP contribution is 2.35. The smallest absolute Gasteiger partial charge is 0.138 e. The lowest BCUT2D eigenvalue weighted by Gasteiger charge is -2.40. The molecule has 2 aromatic rings. The molecule has 0 radical (unpaired) electrons. The highest BCUT2D eigenvalue weighted by atomic mass is 35.5. The molecule has 0 aromatic carbocycles. The minimum atomic E-state index is -0.0399. The van der Waals surface area contributed by atoms with Crippen LogP contribution in [0.25, 0.3) is 10.8 Å². The van der Waals surface area contributed by atoms with Gasteiger partial charge in [0.2, 0.25) is 0 Å². The molecule has 4 heterocycles. The average Bonchev–Trinajstić information content (AvgIpc) is 2.51. The van der Waals surface area contributed by atoms with Crippen molar-refractivity contribution < 1.29 is 9.47 Å². The fourth-order valence-electron chi connectivity index (χ4n) is 3.25. The van der Waals surface area contributed by atoms with Crippen LogP contribution in [0.1, 0.15) is 31.9 Å². The Morgan fingerprint density at radius 2 is 2.17 bits per heavy atom. The van der Waals surface area contributed by atoms with Gasteiger partial charge in [0, 0.05) is 41.8 Å². The summed E-state index contributed by atoms with van der Waals surface area (Å²) in [6.45, 7) is 7.64. The van der Waals surface area contributed by atoms with Crippen LogP contribution in [-0.4, -0.2) is 42.4 Å². The second-order valence-electron chi connectivity index (χ2n) is 6.80. The Morgan fingerprint density at radius 3 is 2.79 bits per heavy atom. The third-order valence-corrected chi connectivity index (χ3v) is 5.27. The maximum atomic E-state index is 6.16. The molecular formula is C18H22ClN3O2. The topological polar surface area (TPSA) is 47.5 Å². The monoisotopic (exact) mass is 347 g/mol. The fraction of sp³-hybridized carbons (Fsp3) is 0.556. The van der Waals surface area contributed by atoms with Crippen molar-refractivity contribution in [2.75, 3.05) is 31.3 Å². The molecule has 2 aromatic heterocycles. The number of anilines is 1. The van der Waals surface area contributed by atoms with Crippen LogP contribution in [0.4, 0.5) is 5.82 Å².